The van der Waals surface area contributed by atoms with E-state index in [9.17, 15) is 0 Å². The van der Waals surface area contributed by atoms with Gasteiger partial charge in [0.05, 0.1) is 5.69 Å². The minimum Gasteiger partial charge on any atom is -0.264 e. The van der Waals surface area contributed by atoms with Gasteiger partial charge in [-0.15, -0.1) is 12.8 Å². The van der Waals surface area contributed by atoms with Gasteiger partial charge in [0.2, 0.25) is 0 Å². The molecule has 0 spiro atoms. The normalized spacial score (nSPS) is 9.52. The van der Waals surface area contributed by atoms with Crippen LogP contribution >= 0.6 is 8.58 Å². The van der Waals surface area contributed by atoms with Crippen molar-refractivity contribution in [3.05, 3.63) is 128 Å². The Bertz CT molecular complexity index is 1130. The predicted octanol–water partition coefficient (Wildman–Crippen LogP) is 5.77. The molecule has 0 N–H and O–H groups in total. The fourth-order valence-corrected chi connectivity index (χ4v) is 4.15. The molecule has 0 bridgehead atoms. The van der Waals surface area contributed by atoms with Crippen LogP contribution in [0, 0.1) is 12.8 Å². The van der Waals surface area contributed by atoms with Crippen LogP contribution in [0.1, 0.15) is 0 Å². The standard InChI is InChI=1S/C15H11N3.C12H11P.C2H2/c1-4-12(10-16-7-1)14-6-3-9-18-15(14)13-5-2-8-17-11-13;1-3-7-11(8-4-1)13-12-9-5-2-6-10-12;1-2/h1-11H;1-10,13H;1-2H. The zero-order chi connectivity index (χ0) is 23.1. The lowest BCUT2D eigenvalue weighted by Gasteiger charge is -2.07. The number of nitrogens with zero attached hydrogens (tertiary/aromatic N) is 3. The van der Waals surface area contributed by atoms with Gasteiger partial charge in [0.1, 0.15) is 0 Å². The molecule has 5 aromatic rings. The highest BCUT2D eigenvalue weighted by Crippen LogP contribution is 2.28. The summed E-state index contributed by atoms with van der Waals surface area (Å²) in [5, 5.41) is 2.79. The van der Waals surface area contributed by atoms with Crippen LogP contribution in [0.25, 0.3) is 22.4 Å². The van der Waals surface area contributed by atoms with Crippen molar-refractivity contribution in [3.8, 4) is 35.2 Å². The maximum absolute atomic E-state index is 4.46. The molecule has 0 fully saturated rings. The third kappa shape index (κ3) is 7.21. The number of aromatic nitrogens is 3. The minimum atomic E-state index is 0.777. The minimum absolute atomic E-state index is 0.777. The lowest BCUT2D eigenvalue weighted by atomic mass is 10.0. The second-order valence-corrected chi connectivity index (χ2v) is 8.14. The first-order chi connectivity index (χ1) is 16.4. The summed E-state index contributed by atoms with van der Waals surface area (Å²) < 4.78 is 0. The van der Waals surface area contributed by atoms with Crippen LogP contribution in [0.5, 0.6) is 0 Å². The molecule has 0 unspecified atom stereocenters. The van der Waals surface area contributed by atoms with Gasteiger partial charge in [-0.05, 0) is 34.9 Å². The molecule has 0 radical (unpaired) electrons. The summed E-state index contributed by atoms with van der Waals surface area (Å²) in [7, 11) is 0.777. The topological polar surface area (TPSA) is 38.7 Å². The molecule has 0 saturated carbocycles. The molecule has 160 valence electrons. The average molecular weight is 446 g/mol. The van der Waals surface area contributed by atoms with Gasteiger partial charge in [-0.1, -0.05) is 81.4 Å². The van der Waals surface area contributed by atoms with Crippen molar-refractivity contribution in [3.63, 3.8) is 0 Å². The highest BCUT2D eigenvalue weighted by molar-refractivity contribution is 7.55. The van der Waals surface area contributed by atoms with Crippen molar-refractivity contribution in [2.45, 2.75) is 0 Å². The number of hydrogen-bond acceptors (Lipinski definition) is 3. The number of pyridine rings is 3. The average Bonchev–Trinajstić information content (AvgIpc) is 2.92. The molecule has 0 aliphatic carbocycles. The molecule has 0 saturated heterocycles. The Balaban J connectivity index is 0.000000181. The molecular formula is C29H24N3P. The fraction of sp³-hybridized carbons (Fsp3) is 0. The molecule has 33 heavy (non-hydrogen) atoms. The first kappa shape index (κ1) is 23.5. The number of rotatable bonds is 4. The first-order valence-electron chi connectivity index (χ1n) is 10.4. The number of hydrogen-bond donors (Lipinski definition) is 0. The van der Waals surface area contributed by atoms with Crippen molar-refractivity contribution < 1.29 is 0 Å². The molecule has 4 heteroatoms. The summed E-state index contributed by atoms with van der Waals surface area (Å²) in [6.45, 7) is 0. The summed E-state index contributed by atoms with van der Waals surface area (Å²) in [5.41, 5.74) is 4.07. The van der Waals surface area contributed by atoms with E-state index in [0.717, 1.165) is 31.0 Å². The van der Waals surface area contributed by atoms with Gasteiger partial charge in [0.25, 0.3) is 0 Å². The van der Waals surface area contributed by atoms with Crippen LogP contribution in [-0.4, -0.2) is 15.0 Å². The lowest BCUT2D eigenvalue weighted by Crippen LogP contribution is -2.01. The van der Waals surface area contributed by atoms with Gasteiger partial charge in [0, 0.05) is 47.7 Å². The van der Waals surface area contributed by atoms with Crippen LogP contribution < -0.4 is 10.6 Å². The van der Waals surface area contributed by atoms with Crippen molar-refractivity contribution in [2.24, 2.45) is 0 Å². The van der Waals surface area contributed by atoms with E-state index in [-0.39, 0.29) is 0 Å². The Hall–Kier alpha value is -4.12. The van der Waals surface area contributed by atoms with E-state index in [1.54, 1.807) is 18.6 Å². The van der Waals surface area contributed by atoms with Gasteiger partial charge in [-0.3, -0.25) is 15.0 Å². The Kier molecular flexibility index (Phi) is 9.51. The van der Waals surface area contributed by atoms with E-state index < -0.39 is 0 Å². The monoisotopic (exact) mass is 445 g/mol. The maximum Gasteiger partial charge on any atom is 0.0796 e. The van der Waals surface area contributed by atoms with Crippen LogP contribution in [0.3, 0.4) is 0 Å². The lowest BCUT2D eigenvalue weighted by molar-refractivity contribution is 1.27. The first-order valence-corrected chi connectivity index (χ1v) is 11.4. The Morgan fingerprint density at radius 1 is 0.515 bits per heavy atom. The largest absolute Gasteiger partial charge is 0.264 e. The van der Waals surface area contributed by atoms with Gasteiger partial charge in [0.15, 0.2) is 0 Å². The van der Waals surface area contributed by atoms with E-state index in [4.69, 9.17) is 0 Å². The molecule has 3 aromatic heterocycles. The molecular weight excluding hydrogens is 421 g/mol. The number of terminal acetylenes is 1. The molecule has 3 heterocycles. The van der Waals surface area contributed by atoms with Crippen LogP contribution in [0.4, 0.5) is 0 Å². The summed E-state index contributed by atoms with van der Waals surface area (Å²) in [6.07, 6.45) is 17.0. The molecule has 0 aliphatic heterocycles. The summed E-state index contributed by atoms with van der Waals surface area (Å²) >= 11 is 0. The van der Waals surface area contributed by atoms with E-state index in [0.29, 0.717) is 0 Å². The predicted molar refractivity (Wildman–Crippen MR) is 141 cm³/mol. The van der Waals surface area contributed by atoms with Gasteiger partial charge in [-0.2, -0.15) is 0 Å². The van der Waals surface area contributed by atoms with Crippen molar-refractivity contribution >= 4 is 19.2 Å². The second kappa shape index (κ2) is 13.3. The third-order valence-corrected chi connectivity index (χ3v) is 5.80. The van der Waals surface area contributed by atoms with E-state index >= 15 is 0 Å². The summed E-state index contributed by atoms with van der Waals surface area (Å²) in [6, 6.07) is 33.0. The fourth-order valence-electron chi connectivity index (χ4n) is 3.10. The van der Waals surface area contributed by atoms with E-state index in [2.05, 4.69) is 88.5 Å². The van der Waals surface area contributed by atoms with Crippen LogP contribution in [0.2, 0.25) is 0 Å². The zero-order valence-electron chi connectivity index (χ0n) is 18.1. The number of benzene rings is 2. The Morgan fingerprint density at radius 2 is 1.03 bits per heavy atom. The van der Waals surface area contributed by atoms with Crippen LogP contribution in [-0.2, 0) is 0 Å². The zero-order valence-corrected chi connectivity index (χ0v) is 19.1. The molecule has 0 atom stereocenters. The van der Waals surface area contributed by atoms with Crippen molar-refractivity contribution in [2.75, 3.05) is 0 Å². The molecule has 0 amide bonds. The smallest absolute Gasteiger partial charge is 0.0796 e. The molecule has 5 rings (SSSR count). The van der Waals surface area contributed by atoms with Crippen molar-refractivity contribution in [1.29, 1.82) is 0 Å². The quantitative estimate of drug-likeness (QED) is 0.260. The third-order valence-electron chi connectivity index (χ3n) is 4.55. The molecule has 0 aliphatic rings. The van der Waals surface area contributed by atoms with Crippen molar-refractivity contribution in [1.82, 2.24) is 15.0 Å². The highest BCUT2D eigenvalue weighted by atomic mass is 31.1. The summed E-state index contributed by atoms with van der Waals surface area (Å²) in [5.74, 6) is 0. The highest BCUT2D eigenvalue weighted by Gasteiger charge is 2.07. The SMILES string of the molecule is C#C.c1ccc(Pc2ccccc2)cc1.c1cncc(-c2cccnc2-c2cccnc2)c1. The summed E-state index contributed by atoms with van der Waals surface area (Å²) in [4.78, 5) is 12.8. The van der Waals surface area contributed by atoms with E-state index in [1.807, 2.05) is 48.8 Å². The van der Waals surface area contributed by atoms with E-state index in [1.165, 1.54) is 10.6 Å². The Morgan fingerprint density at radius 3 is 1.55 bits per heavy atom. The second-order valence-electron chi connectivity index (χ2n) is 6.74. The van der Waals surface area contributed by atoms with Gasteiger partial charge in [-0.25, -0.2) is 0 Å². The van der Waals surface area contributed by atoms with Crippen LogP contribution in [0.15, 0.2) is 128 Å². The Labute approximate surface area is 197 Å². The van der Waals surface area contributed by atoms with Gasteiger partial charge >= 0.3 is 0 Å². The molecule has 2 aromatic carbocycles. The maximum atomic E-state index is 4.46. The van der Waals surface area contributed by atoms with Gasteiger partial charge < -0.3 is 0 Å². The molecule has 3 nitrogen and oxygen atoms in total.